The first-order valence-electron chi connectivity index (χ1n) is 5.75. The first-order valence-corrected chi connectivity index (χ1v) is 5.75. The number of aromatic nitrogens is 3. The largest absolute Gasteiger partial charge is 0.396 e. The smallest absolute Gasteiger partial charge is 0.123 e. The van der Waals surface area contributed by atoms with Crippen molar-refractivity contribution < 1.29 is 4.39 Å². The first-order chi connectivity index (χ1) is 9.24. The van der Waals surface area contributed by atoms with Gasteiger partial charge < -0.3 is 5.73 Å². The molecule has 2 heterocycles. The van der Waals surface area contributed by atoms with Crippen LogP contribution in [0.3, 0.4) is 0 Å². The standard InChI is InChI=1S/C14H11FN4/c15-11-3-1-2-10(8-11)14-13(16)9-19(18-14)12-4-6-17-7-5-12/h1-9H,16H2. The molecule has 94 valence electrons. The summed E-state index contributed by atoms with van der Waals surface area (Å²) in [6, 6.07) is 9.85. The van der Waals surface area contributed by atoms with Gasteiger partial charge in [-0.2, -0.15) is 5.10 Å². The molecule has 0 aliphatic carbocycles. The number of anilines is 1. The van der Waals surface area contributed by atoms with Crippen LogP contribution >= 0.6 is 0 Å². The van der Waals surface area contributed by atoms with Gasteiger partial charge in [-0.3, -0.25) is 4.98 Å². The fourth-order valence-corrected chi connectivity index (χ4v) is 1.88. The molecule has 0 aliphatic rings. The second kappa shape index (κ2) is 4.53. The number of pyridine rings is 1. The number of halogens is 1. The lowest BCUT2D eigenvalue weighted by molar-refractivity contribution is 0.628. The molecule has 3 rings (SSSR count). The van der Waals surface area contributed by atoms with Crippen LogP contribution in [0.25, 0.3) is 16.9 Å². The number of hydrogen-bond acceptors (Lipinski definition) is 3. The van der Waals surface area contributed by atoms with E-state index < -0.39 is 0 Å². The Morgan fingerprint density at radius 1 is 1.11 bits per heavy atom. The van der Waals surface area contributed by atoms with E-state index in [-0.39, 0.29) is 5.82 Å². The Bertz CT molecular complexity index is 706. The molecule has 0 aliphatic heterocycles. The van der Waals surface area contributed by atoms with Gasteiger partial charge in [0.1, 0.15) is 11.5 Å². The van der Waals surface area contributed by atoms with Gasteiger partial charge in [0.15, 0.2) is 0 Å². The van der Waals surface area contributed by atoms with E-state index in [2.05, 4.69) is 10.1 Å². The molecule has 0 saturated heterocycles. The van der Waals surface area contributed by atoms with Gasteiger partial charge >= 0.3 is 0 Å². The van der Waals surface area contributed by atoms with Crippen LogP contribution in [0.1, 0.15) is 0 Å². The summed E-state index contributed by atoms with van der Waals surface area (Å²) in [5.41, 5.74) is 8.52. The molecule has 0 unspecified atom stereocenters. The van der Waals surface area contributed by atoms with Gasteiger partial charge in [-0.1, -0.05) is 12.1 Å². The first kappa shape index (κ1) is 11.4. The van der Waals surface area contributed by atoms with Crippen LogP contribution in [-0.4, -0.2) is 14.8 Å². The van der Waals surface area contributed by atoms with Crippen molar-refractivity contribution in [3.8, 4) is 16.9 Å². The normalized spacial score (nSPS) is 10.6. The molecule has 0 radical (unpaired) electrons. The van der Waals surface area contributed by atoms with Crippen molar-refractivity contribution in [3.63, 3.8) is 0 Å². The summed E-state index contributed by atoms with van der Waals surface area (Å²) in [6.07, 6.45) is 5.06. The van der Waals surface area contributed by atoms with E-state index in [0.717, 1.165) is 5.69 Å². The summed E-state index contributed by atoms with van der Waals surface area (Å²) in [5, 5.41) is 4.39. The molecule has 0 saturated carbocycles. The molecule has 0 spiro atoms. The molecule has 19 heavy (non-hydrogen) atoms. The van der Waals surface area contributed by atoms with E-state index >= 15 is 0 Å². The fourth-order valence-electron chi connectivity index (χ4n) is 1.88. The van der Waals surface area contributed by atoms with E-state index in [0.29, 0.717) is 16.9 Å². The molecule has 0 fully saturated rings. The number of nitrogens with zero attached hydrogens (tertiary/aromatic N) is 3. The van der Waals surface area contributed by atoms with Crippen molar-refractivity contribution in [2.75, 3.05) is 5.73 Å². The number of nitrogen functional groups attached to an aromatic ring is 1. The highest BCUT2D eigenvalue weighted by atomic mass is 19.1. The lowest BCUT2D eigenvalue weighted by Gasteiger charge is -2.00. The highest BCUT2D eigenvalue weighted by Crippen LogP contribution is 2.25. The van der Waals surface area contributed by atoms with Crippen LogP contribution in [0.15, 0.2) is 55.0 Å². The van der Waals surface area contributed by atoms with Crippen molar-refractivity contribution in [1.29, 1.82) is 0 Å². The molecule has 0 atom stereocenters. The van der Waals surface area contributed by atoms with Crippen LogP contribution in [0, 0.1) is 5.82 Å². The number of benzene rings is 1. The Labute approximate surface area is 109 Å². The summed E-state index contributed by atoms with van der Waals surface area (Å²) in [5.74, 6) is -0.310. The Kier molecular flexibility index (Phi) is 2.72. The molecule has 2 aromatic heterocycles. The summed E-state index contributed by atoms with van der Waals surface area (Å²) in [6.45, 7) is 0. The number of rotatable bonds is 2. The van der Waals surface area contributed by atoms with E-state index in [1.807, 2.05) is 12.1 Å². The third kappa shape index (κ3) is 2.18. The summed E-state index contributed by atoms with van der Waals surface area (Å²) in [7, 11) is 0. The predicted molar refractivity (Wildman–Crippen MR) is 71.2 cm³/mol. The second-order valence-corrected chi connectivity index (χ2v) is 4.09. The summed E-state index contributed by atoms with van der Waals surface area (Å²) < 4.78 is 14.9. The van der Waals surface area contributed by atoms with Gasteiger partial charge in [-0.25, -0.2) is 9.07 Å². The summed E-state index contributed by atoms with van der Waals surface area (Å²) >= 11 is 0. The van der Waals surface area contributed by atoms with Gasteiger partial charge in [0.25, 0.3) is 0 Å². The fraction of sp³-hybridized carbons (Fsp3) is 0. The van der Waals surface area contributed by atoms with Crippen molar-refractivity contribution in [2.45, 2.75) is 0 Å². The molecular formula is C14H11FN4. The number of nitrogens with two attached hydrogens (primary N) is 1. The molecule has 1 aromatic carbocycles. The minimum atomic E-state index is -0.310. The van der Waals surface area contributed by atoms with Gasteiger partial charge in [0.05, 0.1) is 17.6 Å². The monoisotopic (exact) mass is 254 g/mol. The van der Waals surface area contributed by atoms with E-state index in [1.54, 1.807) is 35.4 Å². The average molecular weight is 254 g/mol. The maximum atomic E-state index is 13.2. The van der Waals surface area contributed by atoms with Gasteiger partial charge in [-0.15, -0.1) is 0 Å². The minimum absolute atomic E-state index is 0.310. The zero-order valence-electron chi connectivity index (χ0n) is 9.99. The van der Waals surface area contributed by atoms with E-state index in [1.165, 1.54) is 12.1 Å². The topological polar surface area (TPSA) is 56.7 Å². The SMILES string of the molecule is Nc1cn(-c2ccncc2)nc1-c1cccc(F)c1. The lowest BCUT2D eigenvalue weighted by Crippen LogP contribution is -1.94. The average Bonchev–Trinajstić information content (AvgIpc) is 2.82. The van der Waals surface area contributed by atoms with Crippen LogP contribution in [0.4, 0.5) is 10.1 Å². The van der Waals surface area contributed by atoms with Crippen LogP contribution in [-0.2, 0) is 0 Å². The predicted octanol–water partition coefficient (Wildman–Crippen LogP) is 2.66. The van der Waals surface area contributed by atoms with Gasteiger partial charge in [0.2, 0.25) is 0 Å². The Morgan fingerprint density at radius 2 is 1.89 bits per heavy atom. The maximum Gasteiger partial charge on any atom is 0.123 e. The van der Waals surface area contributed by atoms with Gasteiger partial charge in [0, 0.05) is 18.0 Å². The van der Waals surface area contributed by atoms with Gasteiger partial charge in [-0.05, 0) is 24.3 Å². The third-order valence-corrected chi connectivity index (χ3v) is 2.77. The van der Waals surface area contributed by atoms with E-state index in [4.69, 9.17) is 5.73 Å². The maximum absolute atomic E-state index is 13.2. The Morgan fingerprint density at radius 3 is 2.63 bits per heavy atom. The van der Waals surface area contributed by atoms with Crippen LogP contribution in [0.5, 0.6) is 0 Å². The van der Waals surface area contributed by atoms with Crippen LogP contribution in [0.2, 0.25) is 0 Å². The second-order valence-electron chi connectivity index (χ2n) is 4.09. The minimum Gasteiger partial charge on any atom is -0.396 e. The number of hydrogen-bond donors (Lipinski definition) is 1. The molecular weight excluding hydrogens is 243 g/mol. The molecule has 0 amide bonds. The quantitative estimate of drug-likeness (QED) is 0.764. The van der Waals surface area contributed by atoms with Crippen molar-refractivity contribution in [1.82, 2.24) is 14.8 Å². The molecule has 0 bridgehead atoms. The van der Waals surface area contributed by atoms with Crippen molar-refractivity contribution in [3.05, 3.63) is 60.8 Å². The highest BCUT2D eigenvalue weighted by Gasteiger charge is 2.10. The Hall–Kier alpha value is -2.69. The molecule has 4 nitrogen and oxygen atoms in total. The highest BCUT2D eigenvalue weighted by molar-refractivity contribution is 5.72. The molecule has 3 aromatic rings. The Balaban J connectivity index is 2.08. The third-order valence-electron chi connectivity index (χ3n) is 2.77. The molecule has 2 N–H and O–H groups in total. The lowest BCUT2D eigenvalue weighted by atomic mass is 10.1. The zero-order valence-corrected chi connectivity index (χ0v) is 9.99. The van der Waals surface area contributed by atoms with E-state index in [9.17, 15) is 4.39 Å². The van der Waals surface area contributed by atoms with Crippen molar-refractivity contribution in [2.24, 2.45) is 0 Å². The zero-order chi connectivity index (χ0) is 13.2. The van der Waals surface area contributed by atoms with Crippen LogP contribution < -0.4 is 5.73 Å². The van der Waals surface area contributed by atoms with Crippen molar-refractivity contribution >= 4 is 5.69 Å². The summed E-state index contributed by atoms with van der Waals surface area (Å²) in [4.78, 5) is 3.95. The molecule has 5 heteroatoms.